The first-order valence-electron chi connectivity index (χ1n) is 11.2. The number of nitrogens with one attached hydrogen (secondary N) is 1. The molecule has 0 spiro atoms. The first kappa shape index (κ1) is 23.2. The fourth-order valence-corrected chi connectivity index (χ4v) is 3.93. The summed E-state index contributed by atoms with van der Waals surface area (Å²) in [4.78, 5) is 13.0. The van der Waals surface area contributed by atoms with Crippen molar-refractivity contribution in [3.05, 3.63) is 112 Å². The molecule has 1 heterocycles. The number of ether oxygens (including phenoxy) is 1. The highest BCUT2D eigenvalue weighted by Crippen LogP contribution is 2.23. The van der Waals surface area contributed by atoms with Gasteiger partial charge in [-0.3, -0.25) is 9.48 Å². The minimum absolute atomic E-state index is 0.231. The minimum atomic E-state index is -0.277. The van der Waals surface area contributed by atoms with Crippen LogP contribution in [0.25, 0.3) is 0 Å². The number of aromatic nitrogens is 2. The molecule has 0 saturated heterocycles. The summed E-state index contributed by atoms with van der Waals surface area (Å²) in [5.41, 5.74) is 6.32. The van der Waals surface area contributed by atoms with Gasteiger partial charge in [-0.25, -0.2) is 4.39 Å². The van der Waals surface area contributed by atoms with Crippen LogP contribution in [0, 0.1) is 33.5 Å². The van der Waals surface area contributed by atoms with Crippen molar-refractivity contribution in [2.24, 2.45) is 0 Å². The summed E-state index contributed by atoms with van der Waals surface area (Å²) in [6.07, 6.45) is 0. The minimum Gasteiger partial charge on any atom is -0.489 e. The Kier molecular flexibility index (Phi) is 6.77. The topological polar surface area (TPSA) is 56.1 Å². The molecule has 0 bridgehead atoms. The summed E-state index contributed by atoms with van der Waals surface area (Å²) in [5.74, 6) is 0.319. The van der Waals surface area contributed by atoms with Gasteiger partial charge in [-0.05, 0) is 63.1 Å². The van der Waals surface area contributed by atoms with Crippen molar-refractivity contribution >= 4 is 11.6 Å². The highest BCUT2D eigenvalue weighted by atomic mass is 19.1. The molecule has 0 aliphatic rings. The maximum absolute atomic E-state index is 14.1. The third-order valence-corrected chi connectivity index (χ3v) is 5.81. The summed E-state index contributed by atoms with van der Waals surface area (Å²) >= 11 is 0. The average Bonchev–Trinajstić information content (AvgIpc) is 3.07. The van der Waals surface area contributed by atoms with E-state index in [0.717, 1.165) is 22.6 Å². The predicted molar refractivity (Wildman–Crippen MR) is 132 cm³/mol. The molecule has 1 N–H and O–H groups in total. The largest absolute Gasteiger partial charge is 0.489 e. The van der Waals surface area contributed by atoms with Crippen LogP contribution >= 0.6 is 0 Å². The van der Waals surface area contributed by atoms with Crippen LogP contribution in [0.15, 0.2) is 66.7 Å². The molecule has 0 fully saturated rings. The van der Waals surface area contributed by atoms with Crippen molar-refractivity contribution in [3.63, 3.8) is 0 Å². The van der Waals surface area contributed by atoms with Gasteiger partial charge in [0.25, 0.3) is 5.91 Å². The SMILES string of the molecule is Cc1ccc(OCc2cccc(C(=O)Nc3c(C)nn(Cc4ccccc4F)c3C)c2)c(C)c1. The summed E-state index contributed by atoms with van der Waals surface area (Å²) in [6, 6.07) is 20.1. The number of nitrogens with zero attached hydrogens (tertiary/aromatic N) is 2. The van der Waals surface area contributed by atoms with Crippen molar-refractivity contribution in [1.82, 2.24) is 9.78 Å². The number of halogens is 1. The molecule has 0 aliphatic heterocycles. The molecular formula is C28H28FN3O2. The van der Waals surface area contributed by atoms with E-state index >= 15 is 0 Å². The van der Waals surface area contributed by atoms with Gasteiger partial charge in [0.1, 0.15) is 18.2 Å². The maximum Gasteiger partial charge on any atom is 0.255 e. The fourth-order valence-electron chi connectivity index (χ4n) is 3.93. The van der Waals surface area contributed by atoms with Crippen LogP contribution in [-0.2, 0) is 13.2 Å². The highest BCUT2D eigenvalue weighted by Gasteiger charge is 2.16. The van der Waals surface area contributed by atoms with Gasteiger partial charge in [0, 0.05) is 11.1 Å². The summed E-state index contributed by atoms with van der Waals surface area (Å²) in [7, 11) is 0. The Bertz CT molecular complexity index is 1340. The zero-order valence-electron chi connectivity index (χ0n) is 19.9. The summed E-state index contributed by atoms with van der Waals surface area (Å²) in [6.45, 7) is 8.42. The van der Waals surface area contributed by atoms with Crippen molar-refractivity contribution in [2.45, 2.75) is 40.8 Å². The van der Waals surface area contributed by atoms with Gasteiger partial charge in [0.15, 0.2) is 0 Å². The molecule has 0 saturated carbocycles. The Morgan fingerprint density at radius 1 is 1.00 bits per heavy atom. The monoisotopic (exact) mass is 457 g/mol. The standard InChI is InChI=1S/C28H28FN3O2/c1-18-12-13-26(19(2)14-18)34-17-22-8-7-10-23(15-22)28(33)30-27-20(3)31-32(21(27)4)16-24-9-5-6-11-25(24)29/h5-15H,16-17H2,1-4H3,(H,30,33). The lowest BCUT2D eigenvalue weighted by Crippen LogP contribution is -2.14. The first-order valence-corrected chi connectivity index (χ1v) is 11.2. The van der Waals surface area contributed by atoms with Crippen molar-refractivity contribution in [2.75, 3.05) is 5.32 Å². The Balaban J connectivity index is 1.47. The third-order valence-electron chi connectivity index (χ3n) is 5.81. The number of benzene rings is 3. The zero-order chi connectivity index (χ0) is 24.2. The van der Waals surface area contributed by atoms with Crippen LogP contribution in [0.2, 0.25) is 0 Å². The van der Waals surface area contributed by atoms with Crippen LogP contribution in [0.4, 0.5) is 10.1 Å². The van der Waals surface area contributed by atoms with Gasteiger partial charge >= 0.3 is 0 Å². The number of amides is 1. The highest BCUT2D eigenvalue weighted by molar-refractivity contribution is 6.05. The fraction of sp³-hybridized carbons (Fsp3) is 0.214. The molecule has 6 heteroatoms. The molecule has 0 aliphatic carbocycles. The second kappa shape index (κ2) is 9.91. The van der Waals surface area contributed by atoms with Crippen LogP contribution in [0.1, 0.15) is 44.0 Å². The number of rotatable bonds is 7. The average molecular weight is 458 g/mol. The van der Waals surface area contributed by atoms with Gasteiger partial charge in [0.05, 0.1) is 23.6 Å². The van der Waals surface area contributed by atoms with Crippen molar-refractivity contribution in [1.29, 1.82) is 0 Å². The number of hydrogen-bond donors (Lipinski definition) is 1. The van der Waals surface area contributed by atoms with E-state index in [1.165, 1.54) is 11.6 Å². The van der Waals surface area contributed by atoms with Gasteiger partial charge in [-0.15, -0.1) is 0 Å². The molecule has 1 aromatic heterocycles. The number of carbonyl (C=O) groups is 1. The van der Waals surface area contributed by atoms with Gasteiger partial charge in [-0.2, -0.15) is 5.10 Å². The van der Waals surface area contributed by atoms with E-state index in [0.29, 0.717) is 35.7 Å². The Morgan fingerprint density at radius 2 is 1.79 bits per heavy atom. The van der Waals surface area contributed by atoms with E-state index in [9.17, 15) is 9.18 Å². The van der Waals surface area contributed by atoms with E-state index in [1.807, 2.05) is 58.0 Å². The number of hydrogen-bond acceptors (Lipinski definition) is 3. The molecule has 0 unspecified atom stereocenters. The lowest BCUT2D eigenvalue weighted by Gasteiger charge is -2.11. The van der Waals surface area contributed by atoms with Crippen LogP contribution in [0.5, 0.6) is 5.75 Å². The summed E-state index contributed by atoms with van der Waals surface area (Å²) in [5, 5.41) is 7.48. The second-order valence-corrected chi connectivity index (χ2v) is 8.51. The maximum atomic E-state index is 14.1. The summed E-state index contributed by atoms with van der Waals surface area (Å²) < 4.78 is 21.7. The molecular weight excluding hydrogens is 429 g/mol. The predicted octanol–water partition coefficient (Wildman–Crippen LogP) is 6.14. The Labute approximate surface area is 199 Å². The smallest absolute Gasteiger partial charge is 0.255 e. The molecule has 5 nitrogen and oxygen atoms in total. The second-order valence-electron chi connectivity index (χ2n) is 8.51. The molecule has 0 radical (unpaired) electrons. The Hall–Kier alpha value is -3.93. The number of anilines is 1. The molecule has 174 valence electrons. The number of carbonyl (C=O) groups excluding carboxylic acids is 1. The Morgan fingerprint density at radius 3 is 2.56 bits per heavy atom. The molecule has 3 aromatic carbocycles. The van der Waals surface area contributed by atoms with E-state index in [1.54, 1.807) is 28.9 Å². The molecule has 4 aromatic rings. The van der Waals surface area contributed by atoms with Gasteiger partial charge in [-0.1, -0.05) is 48.0 Å². The van der Waals surface area contributed by atoms with Crippen molar-refractivity contribution in [3.8, 4) is 5.75 Å². The number of aryl methyl sites for hydroxylation is 3. The van der Waals surface area contributed by atoms with Crippen molar-refractivity contribution < 1.29 is 13.9 Å². The first-order chi connectivity index (χ1) is 16.3. The lowest BCUT2D eigenvalue weighted by atomic mass is 10.1. The van der Waals surface area contributed by atoms with Crippen LogP contribution in [0.3, 0.4) is 0 Å². The van der Waals surface area contributed by atoms with Crippen LogP contribution < -0.4 is 10.1 Å². The van der Waals surface area contributed by atoms with Gasteiger partial charge in [0.2, 0.25) is 0 Å². The van der Waals surface area contributed by atoms with E-state index in [2.05, 4.69) is 16.5 Å². The van der Waals surface area contributed by atoms with E-state index < -0.39 is 0 Å². The molecule has 0 atom stereocenters. The lowest BCUT2D eigenvalue weighted by molar-refractivity contribution is 0.102. The molecule has 1 amide bonds. The van der Waals surface area contributed by atoms with E-state index in [-0.39, 0.29) is 11.7 Å². The molecule has 34 heavy (non-hydrogen) atoms. The third kappa shape index (κ3) is 5.17. The zero-order valence-corrected chi connectivity index (χ0v) is 19.9. The van der Waals surface area contributed by atoms with Crippen LogP contribution in [-0.4, -0.2) is 15.7 Å². The van der Waals surface area contributed by atoms with Gasteiger partial charge < -0.3 is 10.1 Å². The molecule has 4 rings (SSSR count). The van der Waals surface area contributed by atoms with E-state index in [4.69, 9.17) is 4.74 Å². The normalized spacial score (nSPS) is 10.9. The quantitative estimate of drug-likeness (QED) is 0.363.